The third-order valence-electron chi connectivity index (χ3n) is 3.68. The minimum Gasteiger partial charge on any atom is -0.497 e. The van der Waals surface area contributed by atoms with Gasteiger partial charge in [0.15, 0.2) is 0 Å². The Morgan fingerprint density at radius 2 is 2.32 bits per heavy atom. The number of methoxy groups -OCH3 is 1. The highest BCUT2D eigenvalue weighted by Crippen LogP contribution is 2.39. The highest BCUT2D eigenvalue weighted by molar-refractivity contribution is 9.10. The van der Waals surface area contributed by atoms with Crippen LogP contribution in [0.3, 0.4) is 0 Å². The number of aromatic nitrogens is 1. The normalized spacial score (nSPS) is 17.7. The zero-order valence-corrected chi connectivity index (χ0v) is 12.1. The lowest BCUT2D eigenvalue weighted by Gasteiger charge is -2.14. The molecule has 0 amide bonds. The third-order valence-corrected chi connectivity index (χ3v) is 4.29. The molecule has 1 aromatic carbocycles. The smallest absolute Gasteiger partial charge is 0.305 e. The molecule has 2 aromatic rings. The maximum atomic E-state index is 11.0. The second kappa shape index (κ2) is 4.56. The zero-order chi connectivity index (χ0) is 13.6. The van der Waals surface area contributed by atoms with E-state index in [0.29, 0.717) is 0 Å². The van der Waals surface area contributed by atoms with E-state index < -0.39 is 5.97 Å². The summed E-state index contributed by atoms with van der Waals surface area (Å²) < 4.78 is 8.37. The molecule has 1 atom stereocenters. The van der Waals surface area contributed by atoms with Gasteiger partial charge in [0.1, 0.15) is 5.75 Å². The van der Waals surface area contributed by atoms with Crippen molar-refractivity contribution in [2.45, 2.75) is 25.3 Å². The van der Waals surface area contributed by atoms with Crippen molar-refractivity contribution in [3.05, 3.63) is 28.4 Å². The van der Waals surface area contributed by atoms with Gasteiger partial charge in [-0.25, -0.2) is 0 Å². The van der Waals surface area contributed by atoms with Crippen molar-refractivity contribution >= 4 is 32.8 Å². The molecule has 5 heteroatoms. The second-order valence-corrected chi connectivity index (χ2v) is 5.70. The molecule has 0 saturated heterocycles. The molecule has 0 bridgehead atoms. The number of rotatable bonds is 3. The number of carboxylic acids is 1. The van der Waals surface area contributed by atoms with Crippen LogP contribution in [-0.4, -0.2) is 22.8 Å². The van der Waals surface area contributed by atoms with Crippen LogP contribution in [0.25, 0.3) is 10.9 Å². The summed E-state index contributed by atoms with van der Waals surface area (Å²) >= 11 is 3.57. The van der Waals surface area contributed by atoms with E-state index in [1.54, 1.807) is 7.11 Å². The van der Waals surface area contributed by atoms with Crippen molar-refractivity contribution in [1.29, 1.82) is 0 Å². The van der Waals surface area contributed by atoms with Gasteiger partial charge in [0.2, 0.25) is 0 Å². The van der Waals surface area contributed by atoms with Crippen LogP contribution in [0.5, 0.6) is 5.75 Å². The minimum atomic E-state index is -0.746. The number of hydrogen-bond acceptors (Lipinski definition) is 2. The van der Waals surface area contributed by atoms with Crippen molar-refractivity contribution in [2.75, 3.05) is 7.11 Å². The van der Waals surface area contributed by atoms with E-state index in [0.717, 1.165) is 34.0 Å². The SMILES string of the molecule is COc1cc(Br)c2c(c1)cc1n2C(CC(=O)O)CC1. The van der Waals surface area contributed by atoms with Crippen LogP contribution in [0.1, 0.15) is 24.6 Å². The first-order valence-electron chi connectivity index (χ1n) is 6.19. The fraction of sp³-hybridized carbons (Fsp3) is 0.357. The molecule has 100 valence electrons. The van der Waals surface area contributed by atoms with Crippen LogP contribution in [0.2, 0.25) is 0 Å². The Bertz CT molecular complexity index is 662. The first-order valence-corrected chi connectivity index (χ1v) is 6.98. The van der Waals surface area contributed by atoms with E-state index in [9.17, 15) is 4.79 Å². The maximum Gasteiger partial charge on any atom is 0.305 e. The van der Waals surface area contributed by atoms with E-state index in [2.05, 4.69) is 26.6 Å². The topological polar surface area (TPSA) is 51.5 Å². The molecule has 1 aromatic heterocycles. The molecule has 0 saturated carbocycles. The van der Waals surface area contributed by atoms with Gasteiger partial charge in [-0.2, -0.15) is 0 Å². The second-order valence-electron chi connectivity index (χ2n) is 4.84. The summed E-state index contributed by atoms with van der Waals surface area (Å²) in [7, 11) is 1.64. The largest absolute Gasteiger partial charge is 0.497 e. The maximum absolute atomic E-state index is 11.0. The summed E-state index contributed by atoms with van der Waals surface area (Å²) in [6.45, 7) is 0. The Balaban J connectivity index is 2.16. The van der Waals surface area contributed by atoms with Gasteiger partial charge < -0.3 is 14.4 Å². The summed E-state index contributed by atoms with van der Waals surface area (Å²) in [5, 5.41) is 10.1. The molecule has 4 nitrogen and oxygen atoms in total. The van der Waals surface area contributed by atoms with Crippen molar-refractivity contribution in [1.82, 2.24) is 4.57 Å². The van der Waals surface area contributed by atoms with E-state index in [-0.39, 0.29) is 12.5 Å². The molecular weight excluding hydrogens is 310 g/mol. The highest BCUT2D eigenvalue weighted by atomic mass is 79.9. The number of nitrogens with zero attached hydrogens (tertiary/aromatic N) is 1. The number of aryl methyl sites for hydroxylation is 1. The van der Waals surface area contributed by atoms with E-state index in [4.69, 9.17) is 9.84 Å². The number of benzene rings is 1. The summed E-state index contributed by atoms with van der Waals surface area (Å²) in [4.78, 5) is 11.0. The Labute approximate surface area is 119 Å². The Hall–Kier alpha value is -1.49. The van der Waals surface area contributed by atoms with Gasteiger partial charge >= 0.3 is 5.97 Å². The average molecular weight is 324 g/mol. The number of carbonyl (C=O) groups is 1. The van der Waals surface area contributed by atoms with Gasteiger partial charge in [-0.15, -0.1) is 0 Å². The quantitative estimate of drug-likeness (QED) is 0.942. The molecule has 19 heavy (non-hydrogen) atoms. The number of ether oxygens (including phenoxy) is 1. The van der Waals surface area contributed by atoms with E-state index in [1.165, 1.54) is 5.69 Å². The molecule has 0 radical (unpaired) electrons. The Kier molecular flexibility index (Phi) is 3.01. The van der Waals surface area contributed by atoms with Crippen LogP contribution in [0, 0.1) is 0 Å². The number of fused-ring (bicyclic) bond motifs is 3. The minimum absolute atomic E-state index is 0.0506. The van der Waals surface area contributed by atoms with Crippen LogP contribution in [0.4, 0.5) is 0 Å². The van der Waals surface area contributed by atoms with Gasteiger partial charge in [-0.1, -0.05) is 0 Å². The van der Waals surface area contributed by atoms with Gasteiger partial charge in [0.25, 0.3) is 0 Å². The number of hydrogen-bond donors (Lipinski definition) is 1. The fourth-order valence-corrected chi connectivity index (χ4v) is 3.56. The first-order chi connectivity index (χ1) is 9.10. The lowest BCUT2D eigenvalue weighted by Crippen LogP contribution is -2.09. The predicted molar refractivity (Wildman–Crippen MR) is 75.8 cm³/mol. The molecule has 1 unspecified atom stereocenters. The van der Waals surface area contributed by atoms with Gasteiger partial charge in [-0.05, 0) is 47.0 Å². The predicted octanol–water partition coefficient (Wildman–Crippen LogP) is 3.37. The van der Waals surface area contributed by atoms with Crippen molar-refractivity contribution in [3.8, 4) is 5.75 Å². The van der Waals surface area contributed by atoms with Crippen LogP contribution >= 0.6 is 15.9 Å². The number of aliphatic carboxylic acids is 1. The van der Waals surface area contributed by atoms with Crippen molar-refractivity contribution in [3.63, 3.8) is 0 Å². The molecule has 0 fully saturated rings. The Morgan fingerprint density at radius 3 is 3.00 bits per heavy atom. The molecule has 1 N–H and O–H groups in total. The van der Waals surface area contributed by atoms with Gasteiger partial charge in [0.05, 0.1) is 19.0 Å². The van der Waals surface area contributed by atoms with Crippen LogP contribution < -0.4 is 4.74 Å². The van der Waals surface area contributed by atoms with E-state index in [1.807, 2.05) is 12.1 Å². The molecule has 0 spiro atoms. The summed E-state index contributed by atoms with van der Waals surface area (Å²) in [5.41, 5.74) is 2.27. The standard InChI is InChI=1S/C14H14BrNO3/c1-19-11-5-8-4-9-2-3-10(6-13(17)18)16(9)14(8)12(15)7-11/h4-5,7,10H,2-3,6H2,1H3,(H,17,18). The van der Waals surface area contributed by atoms with Crippen molar-refractivity contribution < 1.29 is 14.6 Å². The highest BCUT2D eigenvalue weighted by Gasteiger charge is 2.27. The van der Waals surface area contributed by atoms with Crippen molar-refractivity contribution in [2.24, 2.45) is 0 Å². The lowest BCUT2D eigenvalue weighted by molar-refractivity contribution is -0.137. The Morgan fingerprint density at radius 1 is 1.53 bits per heavy atom. The third kappa shape index (κ3) is 2.02. The van der Waals surface area contributed by atoms with Crippen LogP contribution in [0.15, 0.2) is 22.7 Å². The molecule has 1 aliphatic rings. The summed E-state index contributed by atoms with van der Waals surface area (Å²) in [5.74, 6) is 0.0581. The molecular formula is C14H14BrNO3. The van der Waals surface area contributed by atoms with Gasteiger partial charge in [-0.3, -0.25) is 4.79 Å². The molecule has 0 aliphatic carbocycles. The number of carboxylic acid groups (broad SMARTS) is 1. The number of halogens is 1. The molecule has 3 rings (SSSR count). The van der Waals surface area contributed by atoms with Crippen LogP contribution in [-0.2, 0) is 11.2 Å². The monoisotopic (exact) mass is 323 g/mol. The fourth-order valence-electron chi connectivity index (χ4n) is 2.92. The zero-order valence-electron chi connectivity index (χ0n) is 10.5. The lowest BCUT2D eigenvalue weighted by atomic mass is 10.1. The first kappa shape index (κ1) is 12.5. The summed E-state index contributed by atoms with van der Waals surface area (Å²) in [6.07, 6.45) is 2.01. The van der Waals surface area contributed by atoms with Gasteiger partial charge in [0, 0.05) is 21.6 Å². The van der Waals surface area contributed by atoms with E-state index >= 15 is 0 Å². The average Bonchev–Trinajstić information content (AvgIpc) is 2.88. The molecule has 1 aliphatic heterocycles. The summed E-state index contributed by atoms with van der Waals surface area (Å²) in [6, 6.07) is 6.09. The molecule has 2 heterocycles.